The van der Waals surface area contributed by atoms with Gasteiger partial charge in [0.2, 0.25) is 5.91 Å². The normalized spacial score (nSPS) is 12.4. The predicted molar refractivity (Wildman–Crippen MR) is 99.5 cm³/mol. The number of carbonyl (C=O) groups is 1. The van der Waals surface area contributed by atoms with Gasteiger partial charge in [-0.2, -0.15) is 0 Å². The molecule has 0 spiro atoms. The van der Waals surface area contributed by atoms with Crippen molar-refractivity contribution in [3.05, 3.63) is 45.6 Å². The van der Waals surface area contributed by atoms with E-state index in [9.17, 15) is 9.59 Å². The van der Waals surface area contributed by atoms with E-state index in [1.165, 1.54) is 23.1 Å². The second-order valence-corrected chi connectivity index (χ2v) is 7.76. The highest BCUT2D eigenvalue weighted by Gasteiger charge is 2.20. The Morgan fingerprint density at radius 3 is 2.71 bits per heavy atom. The summed E-state index contributed by atoms with van der Waals surface area (Å²) in [6.45, 7) is 3.86. The van der Waals surface area contributed by atoms with E-state index in [1.807, 2.05) is 44.2 Å². The Kier molecular flexibility index (Phi) is 4.73. The van der Waals surface area contributed by atoms with Crippen LogP contribution in [0.4, 0.5) is 0 Å². The monoisotopic (exact) mass is 359 g/mol. The summed E-state index contributed by atoms with van der Waals surface area (Å²) in [5.74, 6) is -0.405. The zero-order chi connectivity index (χ0) is 17.3. The molecule has 0 bridgehead atoms. The minimum atomic E-state index is -0.405. The van der Waals surface area contributed by atoms with Crippen molar-refractivity contribution in [2.45, 2.75) is 30.7 Å². The van der Waals surface area contributed by atoms with Gasteiger partial charge in [-0.1, -0.05) is 49.0 Å². The Balaban J connectivity index is 2.12. The summed E-state index contributed by atoms with van der Waals surface area (Å²) in [5, 5.41) is 0.624. The molecule has 1 aromatic carbocycles. The van der Waals surface area contributed by atoms with E-state index < -0.39 is 11.2 Å². The summed E-state index contributed by atoms with van der Waals surface area (Å²) in [6, 6.07) is 9.80. The molecule has 0 saturated heterocycles. The zero-order valence-corrected chi connectivity index (χ0v) is 15.0. The molecule has 1 atom stereocenters. The summed E-state index contributed by atoms with van der Waals surface area (Å²) >= 11 is 2.69. The molecule has 0 aliphatic carbocycles. The van der Waals surface area contributed by atoms with Gasteiger partial charge in [0.25, 0.3) is 5.56 Å². The first-order valence-corrected chi connectivity index (χ1v) is 9.25. The van der Waals surface area contributed by atoms with E-state index in [-0.39, 0.29) is 5.56 Å². The van der Waals surface area contributed by atoms with Gasteiger partial charge in [0, 0.05) is 10.4 Å². The van der Waals surface area contributed by atoms with E-state index in [0.717, 1.165) is 16.0 Å². The summed E-state index contributed by atoms with van der Waals surface area (Å²) in [7, 11) is 0. The first-order valence-electron chi connectivity index (χ1n) is 7.56. The van der Waals surface area contributed by atoms with Crippen LogP contribution in [0, 0.1) is 6.92 Å². The van der Waals surface area contributed by atoms with Gasteiger partial charge in [0.1, 0.15) is 4.83 Å². The van der Waals surface area contributed by atoms with Crippen LogP contribution in [0.3, 0.4) is 0 Å². The highest BCUT2D eigenvalue weighted by atomic mass is 32.2. The van der Waals surface area contributed by atoms with E-state index in [1.54, 1.807) is 0 Å². The number of H-pyrrole nitrogens is 1. The van der Waals surface area contributed by atoms with Crippen LogP contribution in [0.15, 0.2) is 40.3 Å². The number of aromatic nitrogens is 2. The van der Waals surface area contributed by atoms with Gasteiger partial charge in [-0.05, 0) is 18.9 Å². The SMILES string of the molecule is CCC(Sc1nc2sc(C)c(-c3ccccc3)c2c(=O)[nH]1)C(N)=O. The quantitative estimate of drug-likeness (QED) is 0.540. The van der Waals surface area contributed by atoms with E-state index >= 15 is 0 Å². The molecule has 0 radical (unpaired) electrons. The molecule has 0 saturated carbocycles. The Bertz CT molecular complexity index is 948. The zero-order valence-electron chi connectivity index (χ0n) is 13.3. The molecule has 7 heteroatoms. The Hall–Kier alpha value is -2.12. The van der Waals surface area contributed by atoms with Crippen LogP contribution in [0.1, 0.15) is 18.2 Å². The number of fused-ring (bicyclic) bond motifs is 1. The van der Waals surface area contributed by atoms with Gasteiger partial charge >= 0.3 is 0 Å². The maximum absolute atomic E-state index is 12.6. The number of carbonyl (C=O) groups excluding carboxylic acids is 1. The second-order valence-electron chi connectivity index (χ2n) is 5.37. The molecule has 1 unspecified atom stereocenters. The Morgan fingerprint density at radius 2 is 2.08 bits per heavy atom. The van der Waals surface area contributed by atoms with Crippen LogP contribution in [-0.4, -0.2) is 21.1 Å². The van der Waals surface area contributed by atoms with Crippen molar-refractivity contribution in [1.29, 1.82) is 0 Å². The van der Waals surface area contributed by atoms with Gasteiger partial charge in [0.15, 0.2) is 5.16 Å². The number of rotatable bonds is 5. The molecular formula is C17H17N3O2S2. The lowest BCUT2D eigenvalue weighted by Crippen LogP contribution is -2.25. The third-order valence-electron chi connectivity index (χ3n) is 3.72. The highest BCUT2D eigenvalue weighted by molar-refractivity contribution is 8.00. The van der Waals surface area contributed by atoms with Crippen molar-refractivity contribution < 1.29 is 4.79 Å². The number of aryl methyl sites for hydroxylation is 1. The highest BCUT2D eigenvalue weighted by Crippen LogP contribution is 2.36. The third kappa shape index (κ3) is 3.09. The number of primary amides is 1. The topological polar surface area (TPSA) is 88.8 Å². The van der Waals surface area contributed by atoms with Crippen LogP contribution < -0.4 is 11.3 Å². The maximum Gasteiger partial charge on any atom is 0.260 e. The van der Waals surface area contributed by atoms with E-state index in [4.69, 9.17) is 5.73 Å². The molecule has 2 aromatic heterocycles. The average molecular weight is 359 g/mol. The molecule has 24 heavy (non-hydrogen) atoms. The number of thioether (sulfide) groups is 1. The van der Waals surface area contributed by atoms with Crippen molar-refractivity contribution in [3.8, 4) is 11.1 Å². The second kappa shape index (κ2) is 6.78. The number of benzene rings is 1. The molecule has 0 aliphatic heterocycles. The van der Waals surface area contributed by atoms with Crippen molar-refractivity contribution in [2.75, 3.05) is 0 Å². The minimum Gasteiger partial charge on any atom is -0.369 e. The summed E-state index contributed by atoms with van der Waals surface area (Å²) in [6.07, 6.45) is 0.584. The molecule has 124 valence electrons. The summed E-state index contributed by atoms with van der Waals surface area (Å²) < 4.78 is 0. The number of hydrogen-bond acceptors (Lipinski definition) is 5. The minimum absolute atomic E-state index is 0.190. The first-order chi connectivity index (χ1) is 11.5. The number of hydrogen-bond donors (Lipinski definition) is 2. The number of nitrogens with two attached hydrogens (primary N) is 1. The average Bonchev–Trinajstić information content (AvgIpc) is 2.89. The molecule has 3 N–H and O–H groups in total. The lowest BCUT2D eigenvalue weighted by Gasteiger charge is -2.09. The summed E-state index contributed by atoms with van der Waals surface area (Å²) in [5.41, 5.74) is 7.10. The number of aromatic amines is 1. The Labute approximate surface area is 147 Å². The van der Waals surface area contributed by atoms with Crippen LogP contribution in [0.2, 0.25) is 0 Å². The van der Waals surface area contributed by atoms with Gasteiger partial charge in [-0.3, -0.25) is 9.59 Å². The smallest absolute Gasteiger partial charge is 0.260 e. The summed E-state index contributed by atoms with van der Waals surface area (Å²) in [4.78, 5) is 33.1. The van der Waals surface area contributed by atoms with Crippen molar-refractivity contribution in [1.82, 2.24) is 9.97 Å². The van der Waals surface area contributed by atoms with E-state index in [2.05, 4.69) is 9.97 Å². The fraction of sp³-hybridized carbons (Fsp3) is 0.235. The standard InChI is InChI=1S/C17H17N3O2S2/c1-3-11(14(18)21)24-17-19-15(22)13-12(9(2)23-16(13)20-17)10-7-5-4-6-8-10/h4-8,11H,3H2,1-2H3,(H2,18,21)(H,19,20,22). The molecule has 3 aromatic rings. The number of amides is 1. The van der Waals surface area contributed by atoms with Crippen LogP contribution in [-0.2, 0) is 4.79 Å². The molecular weight excluding hydrogens is 342 g/mol. The third-order valence-corrected chi connectivity index (χ3v) is 5.99. The number of nitrogens with zero attached hydrogens (tertiary/aromatic N) is 1. The molecule has 2 heterocycles. The van der Waals surface area contributed by atoms with Gasteiger partial charge in [-0.15, -0.1) is 11.3 Å². The predicted octanol–water partition coefficient (Wildman–Crippen LogP) is 3.32. The number of nitrogens with one attached hydrogen (secondary N) is 1. The van der Waals surface area contributed by atoms with Crippen molar-refractivity contribution in [2.24, 2.45) is 5.73 Å². The fourth-order valence-corrected chi connectivity index (χ4v) is 4.54. The van der Waals surface area contributed by atoms with Crippen LogP contribution in [0.5, 0.6) is 0 Å². The largest absolute Gasteiger partial charge is 0.369 e. The van der Waals surface area contributed by atoms with Gasteiger partial charge < -0.3 is 10.7 Å². The first kappa shape index (κ1) is 16.7. The molecule has 0 fully saturated rings. The van der Waals surface area contributed by atoms with Gasteiger partial charge in [0.05, 0.1) is 10.6 Å². The van der Waals surface area contributed by atoms with Crippen molar-refractivity contribution >= 4 is 39.2 Å². The van der Waals surface area contributed by atoms with E-state index in [0.29, 0.717) is 21.8 Å². The van der Waals surface area contributed by atoms with Crippen molar-refractivity contribution in [3.63, 3.8) is 0 Å². The number of thiophene rings is 1. The van der Waals surface area contributed by atoms with Gasteiger partial charge in [-0.25, -0.2) is 4.98 Å². The molecule has 1 amide bonds. The molecule has 5 nitrogen and oxygen atoms in total. The molecule has 3 rings (SSSR count). The lowest BCUT2D eigenvalue weighted by molar-refractivity contribution is -0.117. The lowest BCUT2D eigenvalue weighted by atomic mass is 10.0. The molecule has 0 aliphatic rings. The maximum atomic E-state index is 12.6. The Morgan fingerprint density at radius 1 is 1.38 bits per heavy atom. The fourth-order valence-electron chi connectivity index (χ4n) is 2.58. The van der Waals surface area contributed by atoms with Crippen LogP contribution in [0.25, 0.3) is 21.3 Å². The van der Waals surface area contributed by atoms with Crippen LogP contribution >= 0.6 is 23.1 Å².